The van der Waals surface area contributed by atoms with Crippen LogP contribution in [0.1, 0.15) is 76.5 Å². The number of hydrogen-bond acceptors (Lipinski definition) is 10. The molecule has 13 nitrogen and oxygen atoms in total. The van der Waals surface area contributed by atoms with Crippen LogP contribution in [0.15, 0.2) is 54.7 Å². The van der Waals surface area contributed by atoms with Crippen LogP contribution in [0.2, 0.25) is 0 Å². The number of hydrogen-bond donors (Lipinski definition) is 3. The molecule has 1 unspecified atom stereocenters. The Bertz CT molecular complexity index is 2160. The van der Waals surface area contributed by atoms with Gasteiger partial charge in [0.05, 0.1) is 47.9 Å². The van der Waals surface area contributed by atoms with Crippen LogP contribution >= 0.6 is 12.2 Å². The largest absolute Gasteiger partial charge is 0.477 e. The van der Waals surface area contributed by atoms with Gasteiger partial charge in [0.2, 0.25) is 23.6 Å². The molecule has 17 heteroatoms. The lowest BCUT2D eigenvalue weighted by atomic mass is 9.89. The van der Waals surface area contributed by atoms with Crippen LogP contribution in [-0.4, -0.2) is 75.9 Å². The number of anilines is 4. The van der Waals surface area contributed by atoms with E-state index in [-0.39, 0.29) is 47.5 Å². The normalized spacial score (nSPS) is 21.1. The van der Waals surface area contributed by atoms with E-state index in [2.05, 4.69) is 32.8 Å². The summed E-state index contributed by atoms with van der Waals surface area (Å²) in [4.78, 5) is 59.7. The van der Waals surface area contributed by atoms with Gasteiger partial charge in [-0.05, 0) is 120 Å². The molecule has 306 valence electrons. The molecule has 3 N–H and O–H groups in total. The van der Waals surface area contributed by atoms with Crippen molar-refractivity contribution < 1.29 is 37.1 Å². The highest BCUT2D eigenvalue weighted by Crippen LogP contribution is 2.40. The summed E-state index contributed by atoms with van der Waals surface area (Å²) in [7, 11) is 0. The van der Waals surface area contributed by atoms with Crippen molar-refractivity contribution in [1.82, 2.24) is 15.2 Å². The quantitative estimate of drug-likeness (QED) is 0.142. The smallest absolute Gasteiger partial charge is 0.417 e. The number of nitriles is 1. The van der Waals surface area contributed by atoms with Gasteiger partial charge in [0.25, 0.3) is 5.91 Å². The molecule has 3 aliphatic rings. The SMILES string of the molecule is CCc1cc(N2C(=S)N(c3ccc(C#N)c(C(F)(F)F)c3)C(=O)C2(C)C)cnc1OCC[C@@H]1CCN(CC(=O)Nc2cccc(NC3CCC(=O)NC3=O)c2)[C@@H](C)C1. The average molecular weight is 819 g/mol. The van der Waals surface area contributed by atoms with E-state index in [0.717, 1.165) is 48.4 Å². The summed E-state index contributed by atoms with van der Waals surface area (Å²) in [6.45, 7) is 8.70. The summed E-state index contributed by atoms with van der Waals surface area (Å²) in [5.74, 6) is -0.512. The van der Waals surface area contributed by atoms with Crippen molar-refractivity contribution in [3.8, 4) is 11.9 Å². The topological polar surface area (TPSA) is 160 Å². The van der Waals surface area contributed by atoms with Crippen LogP contribution in [-0.2, 0) is 31.8 Å². The Hall–Kier alpha value is -5.60. The van der Waals surface area contributed by atoms with E-state index in [4.69, 9.17) is 17.0 Å². The Morgan fingerprint density at radius 3 is 2.55 bits per heavy atom. The number of carbonyl (C=O) groups excluding carboxylic acids is 4. The van der Waals surface area contributed by atoms with Gasteiger partial charge in [0, 0.05) is 29.4 Å². The molecule has 4 amide bonds. The standard InChI is InChI=1S/C41H45F3N8O5S/c1-5-26-18-31(52-39(58)51(38(56)40(52,3)4)30-10-9-27(21-45)32(20-30)41(42,43)44)22-46-37(26)57-16-14-25-13-15-50(24(2)17-25)23-35(54)48-29-8-6-7-28(19-29)47-33-11-12-34(53)49-36(33)55/h6-10,18-20,22,24-25,33,47H,5,11-17,23H2,1-4H3,(H,48,54)(H,49,53,55)/t24-,25-,33?/m0/s1. The summed E-state index contributed by atoms with van der Waals surface area (Å²) < 4.78 is 47.5. The van der Waals surface area contributed by atoms with Crippen LogP contribution in [0.25, 0.3) is 0 Å². The number of alkyl halides is 3. The molecule has 6 rings (SSSR count). The lowest BCUT2D eigenvalue weighted by molar-refractivity contribution is -0.138. The number of ether oxygens (including phenoxy) is 1. The lowest BCUT2D eigenvalue weighted by Gasteiger charge is -2.37. The van der Waals surface area contributed by atoms with Gasteiger partial charge in [-0.1, -0.05) is 13.0 Å². The first-order valence-corrected chi connectivity index (χ1v) is 19.6. The predicted octanol–water partition coefficient (Wildman–Crippen LogP) is 6.18. The number of rotatable bonds is 12. The zero-order chi connectivity index (χ0) is 41.9. The highest BCUT2D eigenvalue weighted by molar-refractivity contribution is 7.81. The fourth-order valence-corrected chi connectivity index (χ4v) is 8.21. The fourth-order valence-electron chi connectivity index (χ4n) is 7.69. The first kappa shape index (κ1) is 42.0. The zero-order valence-corrected chi connectivity index (χ0v) is 33.4. The number of aromatic nitrogens is 1. The Balaban J connectivity index is 1.01. The number of likely N-dealkylation sites (tertiary alicyclic amines) is 1. The van der Waals surface area contributed by atoms with Crippen molar-refractivity contribution >= 4 is 63.7 Å². The Labute approximate surface area is 339 Å². The summed E-state index contributed by atoms with van der Waals surface area (Å²) in [6, 6.07) is 13.2. The van der Waals surface area contributed by atoms with Gasteiger partial charge < -0.3 is 20.3 Å². The maximum absolute atomic E-state index is 13.8. The van der Waals surface area contributed by atoms with Gasteiger partial charge in [0.1, 0.15) is 11.6 Å². The number of benzene rings is 2. The number of piperidine rings is 2. The fraction of sp³-hybridized carbons (Fsp3) is 0.439. The van der Waals surface area contributed by atoms with Gasteiger partial charge in [-0.3, -0.25) is 34.3 Å². The monoisotopic (exact) mass is 818 g/mol. The zero-order valence-electron chi connectivity index (χ0n) is 32.6. The van der Waals surface area contributed by atoms with Gasteiger partial charge in [0.15, 0.2) is 5.11 Å². The highest BCUT2D eigenvalue weighted by Gasteiger charge is 2.51. The minimum atomic E-state index is -4.80. The van der Waals surface area contributed by atoms with Gasteiger partial charge in [-0.2, -0.15) is 18.4 Å². The molecule has 0 radical (unpaired) electrons. The second kappa shape index (κ2) is 17.1. The second-order valence-electron chi connectivity index (χ2n) is 15.3. The molecule has 1 aromatic heterocycles. The van der Waals surface area contributed by atoms with E-state index >= 15 is 0 Å². The van der Waals surface area contributed by atoms with Crippen LogP contribution in [0.4, 0.5) is 35.9 Å². The molecule has 3 aliphatic heterocycles. The number of imide groups is 1. The highest BCUT2D eigenvalue weighted by atomic mass is 32.1. The van der Waals surface area contributed by atoms with E-state index in [9.17, 15) is 37.6 Å². The van der Waals surface area contributed by atoms with Crippen LogP contribution in [0.5, 0.6) is 5.88 Å². The Morgan fingerprint density at radius 2 is 1.86 bits per heavy atom. The number of pyridine rings is 1. The average Bonchev–Trinajstić information content (AvgIpc) is 3.35. The van der Waals surface area contributed by atoms with Crippen molar-refractivity contribution in [2.24, 2.45) is 5.92 Å². The molecule has 3 fully saturated rings. The minimum absolute atomic E-state index is 0.0168. The van der Waals surface area contributed by atoms with E-state index in [1.807, 2.05) is 13.0 Å². The summed E-state index contributed by atoms with van der Waals surface area (Å²) in [6.07, 6.45) is 0.491. The molecule has 4 heterocycles. The molecule has 0 saturated carbocycles. The van der Waals surface area contributed by atoms with E-state index < -0.39 is 34.8 Å². The number of amides is 4. The number of thiocarbonyl (C=S) groups is 1. The third-order valence-corrected chi connectivity index (χ3v) is 11.2. The van der Waals surface area contributed by atoms with Crippen molar-refractivity contribution in [3.05, 3.63) is 71.4 Å². The van der Waals surface area contributed by atoms with Crippen LogP contribution < -0.4 is 30.5 Å². The van der Waals surface area contributed by atoms with Crippen molar-refractivity contribution in [2.45, 2.75) is 90.0 Å². The molecule has 3 aromatic rings. The number of nitrogens with one attached hydrogen (secondary N) is 3. The molecule has 0 aliphatic carbocycles. The number of nitrogens with zero attached hydrogens (tertiary/aromatic N) is 5. The van der Waals surface area contributed by atoms with Gasteiger partial charge in [-0.25, -0.2) is 4.98 Å². The number of carbonyl (C=O) groups is 4. The van der Waals surface area contributed by atoms with Gasteiger partial charge in [-0.15, -0.1) is 0 Å². The third kappa shape index (κ3) is 9.08. The third-order valence-electron chi connectivity index (χ3n) is 10.9. The maximum atomic E-state index is 13.8. The molecule has 3 saturated heterocycles. The van der Waals surface area contributed by atoms with Crippen molar-refractivity contribution in [2.75, 3.05) is 40.1 Å². The van der Waals surface area contributed by atoms with E-state index in [1.54, 1.807) is 49.1 Å². The molecule has 2 aromatic carbocycles. The second-order valence-corrected chi connectivity index (χ2v) is 15.7. The number of aryl methyl sites for hydroxylation is 1. The van der Waals surface area contributed by atoms with Crippen LogP contribution in [0, 0.1) is 17.2 Å². The van der Waals surface area contributed by atoms with Crippen molar-refractivity contribution in [1.29, 1.82) is 5.26 Å². The first-order chi connectivity index (χ1) is 27.5. The molecule has 58 heavy (non-hydrogen) atoms. The Kier molecular flexibility index (Phi) is 12.4. The summed E-state index contributed by atoms with van der Waals surface area (Å²) >= 11 is 5.69. The van der Waals surface area contributed by atoms with Gasteiger partial charge >= 0.3 is 6.18 Å². The minimum Gasteiger partial charge on any atom is -0.477 e. The first-order valence-electron chi connectivity index (χ1n) is 19.2. The number of halogens is 3. The summed E-state index contributed by atoms with van der Waals surface area (Å²) in [5, 5.41) is 17.6. The molecule has 0 bridgehead atoms. The summed E-state index contributed by atoms with van der Waals surface area (Å²) in [5.41, 5.74) is -0.531. The predicted molar refractivity (Wildman–Crippen MR) is 215 cm³/mol. The maximum Gasteiger partial charge on any atom is 0.417 e. The van der Waals surface area contributed by atoms with E-state index in [0.29, 0.717) is 48.3 Å². The van der Waals surface area contributed by atoms with Crippen LogP contribution in [0.3, 0.4) is 0 Å². The lowest BCUT2D eigenvalue weighted by Crippen LogP contribution is -2.47. The Morgan fingerprint density at radius 1 is 1.10 bits per heavy atom. The van der Waals surface area contributed by atoms with E-state index in [1.165, 1.54) is 12.3 Å². The molecule has 0 spiro atoms. The molecular weight excluding hydrogens is 774 g/mol. The molecule has 3 atom stereocenters. The molecular formula is C41H45F3N8O5S. The van der Waals surface area contributed by atoms with Crippen molar-refractivity contribution in [3.63, 3.8) is 0 Å².